The third kappa shape index (κ3) is 1.60. The van der Waals surface area contributed by atoms with Gasteiger partial charge in [-0.2, -0.15) is 0 Å². The summed E-state index contributed by atoms with van der Waals surface area (Å²) in [6.45, 7) is 3.96. The van der Waals surface area contributed by atoms with Crippen molar-refractivity contribution >= 4 is 0 Å². The van der Waals surface area contributed by atoms with Crippen molar-refractivity contribution < 1.29 is 4.74 Å². The minimum atomic E-state index is 0.230. The quantitative estimate of drug-likeness (QED) is 0.389. The molecular weight excluding hydrogens is 148 g/mol. The Bertz CT molecular complexity index is 277. The number of ether oxygens (including phenoxy) is 1. The van der Waals surface area contributed by atoms with Gasteiger partial charge in [-0.05, 0) is 6.42 Å². The van der Waals surface area contributed by atoms with Crippen LogP contribution in [0.15, 0.2) is 24.3 Å². The lowest BCUT2D eigenvalue weighted by Crippen LogP contribution is -2.11. The SMILES string of the molecule is C=C1CC#CCC2C=CC(C1)O2. The first-order valence-electron chi connectivity index (χ1n) is 4.31. The van der Waals surface area contributed by atoms with Crippen LogP contribution in [0.3, 0.4) is 0 Å². The van der Waals surface area contributed by atoms with Crippen molar-refractivity contribution in [1.82, 2.24) is 0 Å². The highest BCUT2D eigenvalue weighted by Crippen LogP contribution is 2.21. The van der Waals surface area contributed by atoms with Gasteiger partial charge in [0.25, 0.3) is 0 Å². The minimum absolute atomic E-state index is 0.230. The summed E-state index contributed by atoms with van der Waals surface area (Å²) in [5.74, 6) is 6.20. The predicted octanol–water partition coefficient (Wildman–Crippen LogP) is 2.05. The molecule has 0 N–H and O–H groups in total. The maximum absolute atomic E-state index is 5.68. The minimum Gasteiger partial charge on any atom is -0.366 e. The maximum atomic E-state index is 5.68. The molecule has 0 saturated heterocycles. The summed E-state index contributed by atoms with van der Waals surface area (Å²) < 4.78 is 5.68. The highest BCUT2D eigenvalue weighted by atomic mass is 16.5. The van der Waals surface area contributed by atoms with Gasteiger partial charge in [-0.25, -0.2) is 0 Å². The van der Waals surface area contributed by atoms with Gasteiger partial charge in [0.2, 0.25) is 0 Å². The zero-order valence-corrected chi connectivity index (χ0v) is 7.05. The highest BCUT2D eigenvalue weighted by Gasteiger charge is 2.19. The van der Waals surface area contributed by atoms with Crippen LogP contribution >= 0.6 is 0 Å². The molecule has 0 aliphatic carbocycles. The van der Waals surface area contributed by atoms with Crippen LogP contribution in [0.25, 0.3) is 0 Å². The van der Waals surface area contributed by atoms with Gasteiger partial charge in [0, 0.05) is 12.8 Å². The van der Waals surface area contributed by atoms with E-state index in [1.165, 1.54) is 5.57 Å². The molecule has 0 fully saturated rings. The average molecular weight is 160 g/mol. The molecule has 2 bridgehead atoms. The summed E-state index contributed by atoms with van der Waals surface area (Å²) in [5.41, 5.74) is 1.18. The number of fused-ring (bicyclic) bond motifs is 2. The smallest absolute Gasteiger partial charge is 0.0874 e. The van der Waals surface area contributed by atoms with Gasteiger partial charge < -0.3 is 4.74 Å². The molecule has 2 atom stereocenters. The Balaban J connectivity index is 2.13. The van der Waals surface area contributed by atoms with Crippen molar-refractivity contribution in [3.8, 4) is 11.8 Å². The van der Waals surface area contributed by atoms with Gasteiger partial charge in [0.05, 0.1) is 12.2 Å². The summed E-state index contributed by atoms with van der Waals surface area (Å²) in [4.78, 5) is 0. The van der Waals surface area contributed by atoms with Crippen LogP contribution in [0.2, 0.25) is 0 Å². The largest absolute Gasteiger partial charge is 0.366 e. The lowest BCUT2D eigenvalue weighted by molar-refractivity contribution is 0.0646. The van der Waals surface area contributed by atoms with E-state index in [2.05, 4.69) is 30.6 Å². The van der Waals surface area contributed by atoms with Crippen LogP contribution in [0.1, 0.15) is 19.3 Å². The Morgan fingerprint density at radius 1 is 1.33 bits per heavy atom. The summed E-state index contributed by atoms with van der Waals surface area (Å²) in [5, 5.41) is 0. The van der Waals surface area contributed by atoms with E-state index >= 15 is 0 Å². The Morgan fingerprint density at radius 3 is 3.08 bits per heavy atom. The second-order valence-corrected chi connectivity index (χ2v) is 3.29. The lowest BCUT2D eigenvalue weighted by Gasteiger charge is -2.11. The first kappa shape index (κ1) is 7.64. The van der Waals surface area contributed by atoms with Crippen LogP contribution < -0.4 is 0 Å². The van der Waals surface area contributed by atoms with Crippen molar-refractivity contribution in [2.45, 2.75) is 31.5 Å². The first-order valence-corrected chi connectivity index (χ1v) is 4.31. The summed E-state index contributed by atoms with van der Waals surface area (Å²) in [7, 11) is 0. The van der Waals surface area contributed by atoms with Crippen LogP contribution in [-0.4, -0.2) is 12.2 Å². The van der Waals surface area contributed by atoms with Crippen LogP contribution in [-0.2, 0) is 4.74 Å². The average Bonchev–Trinajstić information content (AvgIpc) is 2.49. The summed E-state index contributed by atoms with van der Waals surface area (Å²) in [6.07, 6.45) is 7.32. The van der Waals surface area contributed by atoms with Crippen molar-refractivity contribution in [3.05, 3.63) is 24.3 Å². The van der Waals surface area contributed by atoms with Crippen molar-refractivity contribution in [3.63, 3.8) is 0 Å². The second kappa shape index (κ2) is 3.16. The van der Waals surface area contributed by atoms with Gasteiger partial charge in [0.1, 0.15) is 0 Å². The molecular formula is C11H12O. The van der Waals surface area contributed by atoms with Crippen LogP contribution in [0.4, 0.5) is 0 Å². The topological polar surface area (TPSA) is 9.23 Å². The summed E-state index contributed by atoms with van der Waals surface area (Å²) in [6, 6.07) is 0. The van der Waals surface area contributed by atoms with Gasteiger partial charge in [-0.1, -0.05) is 36.1 Å². The van der Waals surface area contributed by atoms with E-state index in [4.69, 9.17) is 4.74 Å². The highest BCUT2D eigenvalue weighted by molar-refractivity contribution is 5.18. The van der Waals surface area contributed by atoms with Gasteiger partial charge in [-0.3, -0.25) is 0 Å². The molecule has 0 radical (unpaired) electrons. The third-order valence-electron chi connectivity index (χ3n) is 2.15. The standard InChI is InChI=1S/C11H12O/c1-9-4-2-3-5-10-6-7-11(8-9)12-10/h6-7,10-11H,1,4-5,8H2. The van der Waals surface area contributed by atoms with E-state index in [9.17, 15) is 0 Å². The van der Waals surface area contributed by atoms with Crippen molar-refractivity contribution in [2.75, 3.05) is 0 Å². The van der Waals surface area contributed by atoms with Gasteiger partial charge in [-0.15, -0.1) is 0 Å². The third-order valence-corrected chi connectivity index (χ3v) is 2.15. The molecule has 12 heavy (non-hydrogen) atoms. The molecule has 62 valence electrons. The van der Waals surface area contributed by atoms with Crippen molar-refractivity contribution in [2.24, 2.45) is 0 Å². The molecule has 0 saturated carbocycles. The molecule has 0 aromatic carbocycles. The number of hydrogen-bond donors (Lipinski definition) is 0. The maximum Gasteiger partial charge on any atom is 0.0874 e. The Kier molecular flexibility index (Phi) is 2.01. The summed E-state index contributed by atoms with van der Waals surface area (Å²) >= 11 is 0. The van der Waals surface area contributed by atoms with Gasteiger partial charge >= 0.3 is 0 Å². The Morgan fingerprint density at radius 2 is 2.17 bits per heavy atom. The monoisotopic (exact) mass is 160 g/mol. The van der Waals surface area contributed by atoms with E-state index in [0.29, 0.717) is 0 Å². The van der Waals surface area contributed by atoms with E-state index in [1.807, 2.05) is 0 Å². The second-order valence-electron chi connectivity index (χ2n) is 3.29. The Labute approximate surface area is 73.1 Å². The number of hydrogen-bond acceptors (Lipinski definition) is 1. The van der Waals surface area contributed by atoms with E-state index < -0.39 is 0 Å². The van der Waals surface area contributed by atoms with E-state index in [-0.39, 0.29) is 12.2 Å². The molecule has 2 rings (SSSR count). The Hall–Kier alpha value is -1.00. The van der Waals surface area contributed by atoms with E-state index in [0.717, 1.165) is 19.3 Å². The van der Waals surface area contributed by atoms with Crippen LogP contribution in [0, 0.1) is 11.8 Å². The molecule has 0 spiro atoms. The predicted molar refractivity (Wildman–Crippen MR) is 48.6 cm³/mol. The zero-order valence-electron chi connectivity index (χ0n) is 7.05. The molecule has 0 amide bonds. The lowest BCUT2D eigenvalue weighted by atomic mass is 10.1. The molecule has 1 nitrogen and oxygen atoms in total. The van der Waals surface area contributed by atoms with E-state index in [1.54, 1.807) is 0 Å². The fraction of sp³-hybridized carbons (Fsp3) is 0.455. The normalized spacial score (nSPS) is 33.2. The van der Waals surface area contributed by atoms with Gasteiger partial charge in [0.15, 0.2) is 0 Å². The molecule has 0 aromatic rings. The first-order chi connectivity index (χ1) is 5.84. The molecule has 1 heteroatoms. The molecule has 2 aliphatic rings. The fourth-order valence-corrected chi connectivity index (χ4v) is 1.51. The molecule has 2 aliphatic heterocycles. The fourth-order valence-electron chi connectivity index (χ4n) is 1.51. The van der Waals surface area contributed by atoms with Crippen molar-refractivity contribution in [1.29, 1.82) is 0 Å². The van der Waals surface area contributed by atoms with Crippen LogP contribution in [0.5, 0.6) is 0 Å². The zero-order chi connectivity index (χ0) is 8.39. The number of rotatable bonds is 0. The molecule has 2 heterocycles. The molecule has 0 aromatic heterocycles. The molecule has 2 unspecified atom stereocenters.